The Morgan fingerprint density at radius 1 is 1.44 bits per heavy atom. The van der Waals surface area contributed by atoms with E-state index in [9.17, 15) is 26.7 Å². The molecular weight excluding hydrogens is 267 g/mol. The summed E-state index contributed by atoms with van der Waals surface area (Å²) in [6.45, 7) is 0. The molecule has 0 bridgehead atoms. The number of alkyl halides is 5. The molecule has 1 aromatic heterocycles. The molecule has 0 aliphatic rings. The van der Waals surface area contributed by atoms with Crippen molar-refractivity contribution in [1.82, 2.24) is 4.98 Å². The molecule has 100 valence electrons. The second kappa shape index (κ2) is 4.63. The number of nitrogen functional groups attached to an aromatic ring is 1. The molecule has 1 heterocycles. The fourth-order valence-corrected chi connectivity index (χ4v) is 1.13. The SMILES string of the molecule is Nc1ncc(C(=O)O)c(C(F)F)c1OC(F)(F)F. The lowest BCUT2D eigenvalue weighted by atomic mass is 10.1. The Hall–Kier alpha value is -2.13. The predicted octanol–water partition coefficient (Wildman–Crippen LogP) is 2.20. The topological polar surface area (TPSA) is 85.4 Å². The first kappa shape index (κ1) is 13.9. The van der Waals surface area contributed by atoms with E-state index in [1.165, 1.54) is 0 Å². The highest BCUT2D eigenvalue weighted by atomic mass is 19.4. The second-order valence-corrected chi connectivity index (χ2v) is 2.95. The number of halogens is 5. The number of nitrogens with two attached hydrogens (primary N) is 1. The van der Waals surface area contributed by atoms with E-state index in [0.29, 0.717) is 6.20 Å². The predicted molar refractivity (Wildman–Crippen MR) is 47.2 cm³/mol. The number of carboxylic acid groups (broad SMARTS) is 1. The standard InChI is InChI=1S/C8H5F5N2O3/c9-5(10)3-2(7(16)17)1-15-6(14)4(3)18-8(11,12)13/h1,5H,(H2,14,15)(H,16,17). The van der Waals surface area contributed by atoms with Crippen LogP contribution in [0.15, 0.2) is 6.20 Å². The van der Waals surface area contributed by atoms with Crippen molar-refractivity contribution in [2.24, 2.45) is 0 Å². The van der Waals surface area contributed by atoms with E-state index in [1.54, 1.807) is 0 Å². The number of nitrogens with zero attached hydrogens (tertiary/aromatic N) is 1. The van der Waals surface area contributed by atoms with Crippen LogP contribution < -0.4 is 10.5 Å². The smallest absolute Gasteiger partial charge is 0.478 e. The molecule has 3 N–H and O–H groups in total. The lowest BCUT2D eigenvalue weighted by Crippen LogP contribution is -2.21. The molecule has 5 nitrogen and oxygen atoms in total. The van der Waals surface area contributed by atoms with Gasteiger partial charge in [0.2, 0.25) is 0 Å². The lowest BCUT2D eigenvalue weighted by molar-refractivity contribution is -0.275. The number of carbonyl (C=O) groups is 1. The molecule has 18 heavy (non-hydrogen) atoms. The molecular formula is C8H5F5N2O3. The van der Waals surface area contributed by atoms with Gasteiger partial charge in [0.1, 0.15) is 0 Å². The Labute approximate surface area is 96.0 Å². The van der Waals surface area contributed by atoms with Crippen LogP contribution in [0.3, 0.4) is 0 Å². The monoisotopic (exact) mass is 272 g/mol. The number of pyridine rings is 1. The molecule has 0 aromatic carbocycles. The summed E-state index contributed by atoms with van der Waals surface area (Å²) in [5.74, 6) is -4.35. The molecule has 0 radical (unpaired) electrons. The first-order chi connectivity index (χ1) is 8.13. The van der Waals surface area contributed by atoms with Crippen molar-refractivity contribution in [2.45, 2.75) is 12.8 Å². The molecule has 0 spiro atoms. The minimum Gasteiger partial charge on any atom is -0.478 e. The zero-order chi connectivity index (χ0) is 14.1. The molecule has 0 atom stereocenters. The van der Waals surface area contributed by atoms with Gasteiger partial charge in [-0.3, -0.25) is 0 Å². The van der Waals surface area contributed by atoms with E-state index in [0.717, 1.165) is 0 Å². The van der Waals surface area contributed by atoms with Crippen molar-refractivity contribution < 1.29 is 36.6 Å². The Morgan fingerprint density at radius 3 is 2.39 bits per heavy atom. The molecule has 0 aliphatic heterocycles. The average molecular weight is 272 g/mol. The first-order valence-electron chi connectivity index (χ1n) is 4.19. The number of rotatable bonds is 3. The fourth-order valence-electron chi connectivity index (χ4n) is 1.13. The van der Waals surface area contributed by atoms with E-state index in [4.69, 9.17) is 10.8 Å². The van der Waals surface area contributed by atoms with E-state index in [2.05, 4.69) is 9.72 Å². The quantitative estimate of drug-likeness (QED) is 0.824. The van der Waals surface area contributed by atoms with Crippen LogP contribution in [0.5, 0.6) is 5.75 Å². The maximum atomic E-state index is 12.6. The van der Waals surface area contributed by atoms with Crippen LogP contribution in [0, 0.1) is 0 Å². The van der Waals surface area contributed by atoms with Gasteiger partial charge in [-0.25, -0.2) is 18.6 Å². The first-order valence-corrected chi connectivity index (χ1v) is 4.19. The van der Waals surface area contributed by atoms with Crippen LogP contribution in [0.1, 0.15) is 22.3 Å². The fraction of sp³-hybridized carbons (Fsp3) is 0.250. The number of ether oxygens (including phenoxy) is 1. The highest BCUT2D eigenvalue weighted by Gasteiger charge is 2.36. The third-order valence-corrected chi connectivity index (χ3v) is 1.77. The van der Waals surface area contributed by atoms with Crippen LogP contribution in [-0.2, 0) is 0 Å². The second-order valence-electron chi connectivity index (χ2n) is 2.95. The van der Waals surface area contributed by atoms with Crippen LogP contribution in [0.2, 0.25) is 0 Å². The van der Waals surface area contributed by atoms with Crippen LogP contribution in [0.4, 0.5) is 27.8 Å². The minimum atomic E-state index is -5.30. The number of aromatic carboxylic acids is 1. The molecule has 0 saturated carbocycles. The van der Waals surface area contributed by atoms with Gasteiger partial charge in [-0.1, -0.05) is 0 Å². The Bertz CT molecular complexity index is 475. The summed E-state index contributed by atoms with van der Waals surface area (Å²) in [5.41, 5.74) is 2.40. The highest BCUT2D eigenvalue weighted by molar-refractivity contribution is 5.90. The third kappa shape index (κ3) is 2.96. The molecule has 0 aliphatic carbocycles. The maximum Gasteiger partial charge on any atom is 0.573 e. The molecule has 0 amide bonds. The van der Waals surface area contributed by atoms with Crippen molar-refractivity contribution in [3.05, 3.63) is 17.3 Å². The molecule has 0 fully saturated rings. The van der Waals surface area contributed by atoms with Crippen molar-refractivity contribution in [2.75, 3.05) is 5.73 Å². The van der Waals surface area contributed by atoms with Crippen molar-refractivity contribution in [3.8, 4) is 5.75 Å². The van der Waals surface area contributed by atoms with Gasteiger partial charge in [-0.2, -0.15) is 0 Å². The summed E-state index contributed by atoms with van der Waals surface area (Å²) in [6, 6.07) is 0. The summed E-state index contributed by atoms with van der Waals surface area (Å²) < 4.78 is 64.5. The van der Waals surface area contributed by atoms with E-state index in [1.807, 2.05) is 0 Å². The van der Waals surface area contributed by atoms with Gasteiger partial charge in [0, 0.05) is 6.20 Å². The van der Waals surface area contributed by atoms with Gasteiger partial charge < -0.3 is 15.6 Å². The molecule has 0 unspecified atom stereocenters. The normalized spacial score (nSPS) is 11.7. The van der Waals surface area contributed by atoms with E-state index >= 15 is 0 Å². The zero-order valence-corrected chi connectivity index (χ0v) is 8.33. The van der Waals surface area contributed by atoms with Crippen LogP contribution in [-0.4, -0.2) is 22.4 Å². The summed E-state index contributed by atoms with van der Waals surface area (Å²) in [7, 11) is 0. The van der Waals surface area contributed by atoms with Gasteiger partial charge in [0.15, 0.2) is 11.6 Å². The summed E-state index contributed by atoms with van der Waals surface area (Å²) in [6.07, 6.45) is -8.38. The largest absolute Gasteiger partial charge is 0.573 e. The number of anilines is 1. The lowest BCUT2D eigenvalue weighted by Gasteiger charge is -2.15. The summed E-state index contributed by atoms with van der Waals surface area (Å²) in [4.78, 5) is 13.7. The molecule has 1 aromatic rings. The number of hydrogen-bond donors (Lipinski definition) is 2. The van der Waals surface area contributed by atoms with E-state index in [-0.39, 0.29) is 0 Å². The van der Waals surface area contributed by atoms with Crippen LogP contribution in [0.25, 0.3) is 0 Å². The zero-order valence-electron chi connectivity index (χ0n) is 8.33. The Balaban J connectivity index is 3.46. The number of aromatic nitrogens is 1. The van der Waals surface area contributed by atoms with Gasteiger partial charge in [0.05, 0.1) is 11.1 Å². The Morgan fingerprint density at radius 2 is 2.00 bits per heavy atom. The Kier molecular flexibility index (Phi) is 3.58. The summed E-state index contributed by atoms with van der Waals surface area (Å²) >= 11 is 0. The number of carboxylic acids is 1. The van der Waals surface area contributed by atoms with Gasteiger partial charge in [-0.05, 0) is 0 Å². The van der Waals surface area contributed by atoms with Gasteiger partial charge in [0.25, 0.3) is 6.43 Å². The third-order valence-electron chi connectivity index (χ3n) is 1.77. The maximum absolute atomic E-state index is 12.6. The van der Waals surface area contributed by atoms with Gasteiger partial charge in [-0.15, -0.1) is 13.2 Å². The van der Waals surface area contributed by atoms with Gasteiger partial charge >= 0.3 is 12.3 Å². The average Bonchev–Trinajstić information content (AvgIpc) is 2.17. The molecule has 0 saturated heterocycles. The molecule has 10 heteroatoms. The minimum absolute atomic E-state index is 0.433. The van der Waals surface area contributed by atoms with E-state index < -0.39 is 41.5 Å². The summed E-state index contributed by atoms with van der Waals surface area (Å²) in [5, 5.41) is 8.58. The van der Waals surface area contributed by atoms with Crippen molar-refractivity contribution in [1.29, 1.82) is 0 Å². The van der Waals surface area contributed by atoms with Crippen molar-refractivity contribution in [3.63, 3.8) is 0 Å². The number of hydrogen-bond acceptors (Lipinski definition) is 4. The van der Waals surface area contributed by atoms with Crippen LogP contribution >= 0.6 is 0 Å². The molecule has 1 rings (SSSR count). The highest BCUT2D eigenvalue weighted by Crippen LogP contribution is 2.38. The van der Waals surface area contributed by atoms with Crippen molar-refractivity contribution >= 4 is 11.8 Å².